The maximum atomic E-state index is 11.6. The van der Waals surface area contributed by atoms with Gasteiger partial charge in [-0.3, -0.25) is 0 Å². The number of anilines is 1. The van der Waals surface area contributed by atoms with E-state index in [1.807, 2.05) is 4.57 Å². The molecular weight excluding hydrogens is 266 g/mol. The van der Waals surface area contributed by atoms with Gasteiger partial charge in [-0.15, -0.1) is 0 Å². The third-order valence-electron chi connectivity index (χ3n) is 3.60. The fourth-order valence-electron chi connectivity index (χ4n) is 2.34. The SMILES string of the molecule is CCCCCCCCCCn1cnc(C(=O)OCC)c1N. The van der Waals surface area contributed by atoms with Gasteiger partial charge >= 0.3 is 5.97 Å². The fourth-order valence-corrected chi connectivity index (χ4v) is 2.34. The molecule has 1 aromatic rings. The van der Waals surface area contributed by atoms with Crippen LogP contribution in [0.2, 0.25) is 0 Å². The van der Waals surface area contributed by atoms with Crippen molar-refractivity contribution in [3.63, 3.8) is 0 Å². The Morgan fingerprint density at radius 3 is 2.38 bits per heavy atom. The molecule has 0 unspecified atom stereocenters. The summed E-state index contributed by atoms with van der Waals surface area (Å²) < 4.78 is 6.75. The van der Waals surface area contributed by atoms with Crippen LogP contribution in [-0.2, 0) is 11.3 Å². The maximum absolute atomic E-state index is 11.6. The Morgan fingerprint density at radius 1 is 1.14 bits per heavy atom. The number of imidazole rings is 1. The predicted molar refractivity (Wildman–Crippen MR) is 85.2 cm³/mol. The Hall–Kier alpha value is -1.52. The first kappa shape index (κ1) is 17.5. The maximum Gasteiger partial charge on any atom is 0.360 e. The Kier molecular flexibility index (Phi) is 8.55. The molecule has 5 heteroatoms. The number of unbranched alkanes of at least 4 members (excludes halogenated alkanes) is 7. The van der Waals surface area contributed by atoms with E-state index in [2.05, 4.69) is 11.9 Å². The highest BCUT2D eigenvalue weighted by Crippen LogP contribution is 2.14. The minimum Gasteiger partial charge on any atom is -0.461 e. The second-order valence-corrected chi connectivity index (χ2v) is 5.37. The van der Waals surface area contributed by atoms with Crippen LogP contribution in [0.1, 0.15) is 75.7 Å². The van der Waals surface area contributed by atoms with Crippen LogP contribution in [0.4, 0.5) is 5.82 Å². The van der Waals surface area contributed by atoms with Gasteiger partial charge in [-0.25, -0.2) is 9.78 Å². The zero-order valence-electron chi connectivity index (χ0n) is 13.4. The minimum atomic E-state index is -0.440. The van der Waals surface area contributed by atoms with Crippen LogP contribution in [0.25, 0.3) is 0 Å². The standard InChI is InChI=1S/C16H29N3O2/c1-3-5-6-7-8-9-10-11-12-19-13-18-14(15(19)17)16(20)21-4-2/h13H,3-12,17H2,1-2H3. The molecule has 120 valence electrons. The summed E-state index contributed by atoms with van der Waals surface area (Å²) in [5.74, 6) is -0.0268. The highest BCUT2D eigenvalue weighted by atomic mass is 16.5. The zero-order valence-corrected chi connectivity index (χ0v) is 13.4. The van der Waals surface area contributed by atoms with Crippen molar-refractivity contribution in [1.82, 2.24) is 9.55 Å². The molecule has 0 amide bonds. The largest absolute Gasteiger partial charge is 0.461 e. The van der Waals surface area contributed by atoms with E-state index in [1.165, 1.54) is 44.9 Å². The summed E-state index contributed by atoms with van der Waals surface area (Å²) in [6.07, 6.45) is 11.8. The Balaban J connectivity index is 2.22. The lowest BCUT2D eigenvalue weighted by Gasteiger charge is -2.06. The van der Waals surface area contributed by atoms with E-state index in [4.69, 9.17) is 10.5 Å². The highest BCUT2D eigenvalue weighted by Gasteiger charge is 2.16. The Morgan fingerprint density at radius 2 is 1.76 bits per heavy atom. The van der Waals surface area contributed by atoms with Gasteiger partial charge in [0.25, 0.3) is 0 Å². The third kappa shape index (κ3) is 6.19. The second kappa shape index (κ2) is 10.2. The van der Waals surface area contributed by atoms with Crippen molar-refractivity contribution in [2.45, 2.75) is 71.8 Å². The molecular formula is C16H29N3O2. The molecule has 0 radical (unpaired) electrons. The van der Waals surface area contributed by atoms with Crippen LogP contribution in [0.15, 0.2) is 6.33 Å². The summed E-state index contributed by atoms with van der Waals surface area (Å²) in [7, 11) is 0. The predicted octanol–water partition coefficient (Wildman–Crippen LogP) is 3.78. The molecule has 21 heavy (non-hydrogen) atoms. The van der Waals surface area contributed by atoms with Crippen LogP contribution in [0.5, 0.6) is 0 Å². The number of carbonyl (C=O) groups is 1. The lowest BCUT2D eigenvalue weighted by molar-refractivity contribution is 0.0521. The molecule has 0 spiro atoms. The minimum absolute atomic E-state index is 0.233. The first-order valence-corrected chi connectivity index (χ1v) is 8.18. The van der Waals surface area contributed by atoms with Gasteiger partial charge in [-0.1, -0.05) is 51.9 Å². The molecule has 1 rings (SSSR count). The summed E-state index contributed by atoms with van der Waals surface area (Å²) in [4.78, 5) is 15.6. The molecule has 0 atom stereocenters. The van der Waals surface area contributed by atoms with Crippen molar-refractivity contribution < 1.29 is 9.53 Å². The number of rotatable bonds is 11. The number of nitrogens with two attached hydrogens (primary N) is 1. The fraction of sp³-hybridized carbons (Fsp3) is 0.750. The van der Waals surface area contributed by atoms with E-state index >= 15 is 0 Å². The van der Waals surface area contributed by atoms with E-state index < -0.39 is 5.97 Å². The number of aromatic nitrogens is 2. The monoisotopic (exact) mass is 295 g/mol. The number of aryl methyl sites for hydroxylation is 1. The average Bonchev–Trinajstić information content (AvgIpc) is 2.83. The molecule has 1 aromatic heterocycles. The summed E-state index contributed by atoms with van der Waals surface area (Å²) in [5, 5.41) is 0. The van der Waals surface area contributed by atoms with Crippen LogP contribution in [0.3, 0.4) is 0 Å². The number of hydrogen-bond donors (Lipinski definition) is 1. The lowest BCUT2D eigenvalue weighted by Crippen LogP contribution is -2.10. The molecule has 1 heterocycles. The van der Waals surface area contributed by atoms with Gasteiger partial charge in [0.05, 0.1) is 12.9 Å². The van der Waals surface area contributed by atoms with E-state index in [1.54, 1.807) is 13.3 Å². The number of carbonyl (C=O) groups excluding carboxylic acids is 1. The number of hydrogen-bond acceptors (Lipinski definition) is 4. The van der Waals surface area contributed by atoms with Crippen LogP contribution in [-0.4, -0.2) is 22.1 Å². The third-order valence-corrected chi connectivity index (χ3v) is 3.60. The Labute approximate surface area is 127 Å². The van der Waals surface area contributed by atoms with Gasteiger partial charge in [0, 0.05) is 6.54 Å². The Bertz CT molecular complexity index is 416. The van der Waals surface area contributed by atoms with Gasteiger partial charge in [0.1, 0.15) is 5.82 Å². The van der Waals surface area contributed by atoms with Crippen LogP contribution in [0, 0.1) is 0 Å². The molecule has 0 bridgehead atoms. The second-order valence-electron chi connectivity index (χ2n) is 5.37. The normalized spacial score (nSPS) is 10.8. The van der Waals surface area contributed by atoms with E-state index in [0.29, 0.717) is 12.4 Å². The molecule has 5 nitrogen and oxygen atoms in total. The van der Waals surface area contributed by atoms with Crippen molar-refractivity contribution in [2.75, 3.05) is 12.3 Å². The lowest BCUT2D eigenvalue weighted by atomic mass is 10.1. The van der Waals surface area contributed by atoms with Gasteiger partial charge in [-0.2, -0.15) is 0 Å². The summed E-state index contributed by atoms with van der Waals surface area (Å²) >= 11 is 0. The summed E-state index contributed by atoms with van der Waals surface area (Å²) in [5.41, 5.74) is 6.16. The number of ether oxygens (including phenoxy) is 1. The smallest absolute Gasteiger partial charge is 0.360 e. The van der Waals surface area contributed by atoms with E-state index in [0.717, 1.165) is 13.0 Å². The average molecular weight is 295 g/mol. The van der Waals surface area contributed by atoms with Crippen LogP contribution >= 0.6 is 0 Å². The molecule has 0 fully saturated rings. The van der Waals surface area contributed by atoms with Crippen molar-refractivity contribution in [2.24, 2.45) is 0 Å². The molecule has 2 N–H and O–H groups in total. The quantitative estimate of drug-likeness (QED) is 0.498. The first-order chi connectivity index (χ1) is 10.2. The van der Waals surface area contributed by atoms with Crippen molar-refractivity contribution in [3.05, 3.63) is 12.0 Å². The first-order valence-electron chi connectivity index (χ1n) is 8.18. The van der Waals surface area contributed by atoms with Gasteiger partial charge < -0.3 is 15.0 Å². The van der Waals surface area contributed by atoms with Gasteiger partial charge in [0.2, 0.25) is 0 Å². The molecule has 0 aliphatic heterocycles. The summed E-state index contributed by atoms with van der Waals surface area (Å²) in [6, 6.07) is 0. The molecule has 0 aromatic carbocycles. The van der Waals surface area contributed by atoms with E-state index in [9.17, 15) is 4.79 Å². The number of nitrogen functional groups attached to an aromatic ring is 1. The van der Waals surface area contributed by atoms with Crippen LogP contribution < -0.4 is 5.73 Å². The zero-order chi connectivity index (χ0) is 15.5. The van der Waals surface area contributed by atoms with Crippen molar-refractivity contribution >= 4 is 11.8 Å². The van der Waals surface area contributed by atoms with Gasteiger partial charge in [0.15, 0.2) is 5.69 Å². The van der Waals surface area contributed by atoms with Crippen molar-refractivity contribution in [3.8, 4) is 0 Å². The van der Waals surface area contributed by atoms with E-state index in [-0.39, 0.29) is 5.69 Å². The number of esters is 1. The summed E-state index contributed by atoms with van der Waals surface area (Å²) in [6.45, 7) is 5.15. The molecule has 0 saturated heterocycles. The molecule has 0 saturated carbocycles. The van der Waals surface area contributed by atoms with Crippen molar-refractivity contribution in [1.29, 1.82) is 0 Å². The molecule has 0 aliphatic rings. The highest BCUT2D eigenvalue weighted by molar-refractivity contribution is 5.92. The van der Waals surface area contributed by atoms with Gasteiger partial charge in [-0.05, 0) is 13.3 Å². The topological polar surface area (TPSA) is 70.1 Å². The molecule has 0 aliphatic carbocycles. The number of nitrogens with zero attached hydrogens (tertiary/aromatic N) is 2.